The van der Waals surface area contributed by atoms with Crippen LogP contribution in [0.15, 0.2) is 42.5 Å². The van der Waals surface area contributed by atoms with Gasteiger partial charge < -0.3 is 5.32 Å². The lowest BCUT2D eigenvalue weighted by Gasteiger charge is -2.31. The Bertz CT molecular complexity index is 833. The van der Waals surface area contributed by atoms with E-state index >= 15 is 0 Å². The van der Waals surface area contributed by atoms with Crippen LogP contribution >= 0.6 is 11.6 Å². The summed E-state index contributed by atoms with van der Waals surface area (Å²) in [5, 5.41) is 3.46. The molecule has 0 bridgehead atoms. The second-order valence-corrected chi connectivity index (χ2v) is 7.93. The fourth-order valence-corrected chi connectivity index (χ4v) is 3.88. The van der Waals surface area contributed by atoms with Gasteiger partial charge in [-0.1, -0.05) is 48.4 Å². The van der Waals surface area contributed by atoms with Crippen LogP contribution < -0.4 is 5.32 Å². The van der Waals surface area contributed by atoms with Crippen LogP contribution in [0.2, 0.25) is 5.02 Å². The Morgan fingerprint density at radius 2 is 1.79 bits per heavy atom. The number of amides is 1. The van der Waals surface area contributed by atoms with Crippen molar-refractivity contribution in [3.05, 3.63) is 58.6 Å². The van der Waals surface area contributed by atoms with Crippen molar-refractivity contribution >= 4 is 17.5 Å². The van der Waals surface area contributed by atoms with Crippen LogP contribution in [0.4, 0.5) is 13.2 Å². The van der Waals surface area contributed by atoms with Gasteiger partial charge in [-0.05, 0) is 60.6 Å². The standard InChI is InChI=1S/C22H23ClF3NO/c1-14-5-6-16(15-7-9-19(23)10-8-15)11-17(14)12-21(28)27-20-4-2-3-18(13-20)22(24,25)26/h5-11,18,20H,2-4,12-13H2,1H3,(H,27,28)/t18-,20-/m0/s1. The minimum Gasteiger partial charge on any atom is -0.353 e. The smallest absolute Gasteiger partial charge is 0.353 e. The molecule has 1 amide bonds. The summed E-state index contributed by atoms with van der Waals surface area (Å²) in [5.74, 6) is -1.55. The molecule has 0 radical (unpaired) electrons. The zero-order valence-corrected chi connectivity index (χ0v) is 16.4. The molecule has 1 aliphatic rings. The number of nitrogens with one attached hydrogen (secondary N) is 1. The highest BCUT2D eigenvalue weighted by Gasteiger charge is 2.42. The van der Waals surface area contributed by atoms with Crippen LogP contribution in [0.25, 0.3) is 11.1 Å². The summed E-state index contributed by atoms with van der Waals surface area (Å²) < 4.78 is 38.9. The number of carbonyl (C=O) groups excluding carboxylic acids is 1. The quantitative estimate of drug-likeness (QED) is 0.649. The summed E-state index contributed by atoms with van der Waals surface area (Å²) in [7, 11) is 0. The number of hydrogen-bond acceptors (Lipinski definition) is 1. The van der Waals surface area contributed by atoms with Crippen LogP contribution in [0, 0.1) is 12.8 Å². The highest BCUT2D eigenvalue weighted by molar-refractivity contribution is 6.30. The van der Waals surface area contributed by atoms with Gasteiger partial charge in [-0.3, -0.25) is 4.79 Å². The molecule has 1 fully saturated rings. The molecule has 28 heavy (non-hydrogen) atoms. The van der Waals surface area contributed by atoms with Crippen molar-refractivity contribution in [2.45, 2.75) is 51.2 Å². The second-order valence-electron chi connectivity index (χ2n) is 7.49. The maximum absolute atomic E-state index is 13.0. The predicted octanol–water partition coefficient (Wildman–Crippen LogP) is 6.10. The third kappa shape index (κ3) is 5.28. The van der Waals surface area contributed by atoms with E-state index in [0.29, 0.717) is 17.9 Å². The minimum absolute atomic E-state index is 0.0287. The van der Waals surface area contributed by atoms with E-state index in [1.165, 1.54) is 0 Å². The molecule has 6 heteroatoms. The number of alkyl halides is 3. The summed E-state index contributed by atoms with van der Waals surface area (Å²) >= 11 is 5.93. The van der Waals surface area contributed by atoms with Gasteiger partial charge in [0.05, 0.1) is 12.3 Å². The Hall–Kier alpha value is -2.01. The third-order valence-corrected chi connectivity index (χ3v) is 5.63. The zero-order chi connectivity index (χ0) is 20.3. The predicted molar refractivity (Wildman–Crippen MR) is 105 cm³/mol. The molecule has 0 unspecified atom stereocenters. The maximum Gasteiger partial charge on any atom is 0.391 e. The summed E-state index contributed by atoms with van der Waals surface area (Å²) in [4.78, 5) is 12.5. The molecular weight excluding hydrogens is 387 g/mol. The Kier molecular flexibility index (Phi) is 6.33. The highest BCUT2D eigenvalue weighted by atomic mass is 35.5. The number of benzene rings is 2. The summed E-state index contributed by atoms with van der Waals surface area (Å²) in [6.45, 7) is 1.93. The van der Waals surface area contributed by atoms with Crippen LogP contribution in [0.3, 0.4) is 0 Å². The average Bonchev–Trinajstić information content (AvgIpc) is 2.64. The van der Waals surface area contributed by atoms with Crippen molar-refractivity contribution in [2.75, 3.05) is 0 Å². The van der Waals surface area contributed by atoms with Crippen LogP contribution in [0.1, 0.15) is 36.8 Å². The van der Waals surface area contributed by atoms with Crippen molar-refractivity contribution in [1.29, 1.82) is 0 Å². The molecule has 0 saturated heterocycles. The molecule has 0 aromatic heterocycles. The lowest BCUT2D eigenvalue weighted by atomic mass is 9.85. The third-order valence-electron chi connectivity index (χ3n) is 5.38. The molecule has 2 atom stereocenters. The van der Waals surface area contributed by atoms with Gasteiger partial charge in [-0.2, -0.15) is 13.2 Å². The molecule has 2 aromatic carbocycles. The largest absolute Gasteiger partial charge is 0.391 e. The van der Waals surface area contributed by atoms with Gasteiger partial charge in [0.25, 0.3) is 0 Å². The minimum atomic E-state index is -4.19. The Balaban J connectivity index is 1.67. The molecule has 2 aromatic rings. The maximum atomic E-state index is 13.0. The second kappa shape index (κ2) is 8.56. The molecule has 2 nitrogen and oxygen atoms in total. The topological polar surface area (TPSA) is 29.1 Å². The Labute approximate surface area is 168 Å². The summed E-state index contributed by atoms with van der Waals surface area (Å²) in [5.41, 5.74) is 3.81. The van der Waals surface area contributed by atoms with Gasteiger partial charge in [-0.25, -0.2) is 0 Å². The molecule has 1 N–H and O–H groups in total. The molecule has 3 rings (SSSR count). The van der Waals surface area contributed by atoms with E-state index in [0.717, 1.165) is 22.3 Å². The molecule has 0 aliphatic heterocycles. The van der Waals surface area contributed by atoms with Crippen molar-refractivity contribution in [2.24, 2.45) is 5.92 Å². The van der Waals surface area contributed by atoms with Crippen LogP contribution in [0.5, 0.6) is 0 Å². The molecule has 0 heterocycles. The fraction of sp³-hybridized carbons (Fsp3) is 0.409. The number of halogens is 4. The number of carbonyl (C=O) groups is 1. The number of aryl methyl sites for hydroxylation is 1. The normalized spacial score (nSPS) is 20.0. The van der Waals surface area contributed by atoms with Gasteiger partial charge >= 0.3 is 6.18 Å². The zero-order valence-electron chi connectivity index (χ0n) is 15.7. The molecule has 0 spiro atoms. The number of hydrogen-bond donors (Lipinski definition) is 1. The van der Waals surface area contributed by atoms with E-state index in [4.69, 9.17) is 11.6 Å². The lowest BCUT2D eigenvalue weighted by Crippen LogP contribution is -2.42. The van der Waals surface area contributed by atoms with Gasteiger partial charge in [0.15, 0.2) is 0 Å². The van der Waals surface area contributed by atoms with E-state index < -0.39 is 18.1 Å². The first kappa shape index (κ1) is 20.7. The fourth-order valence-electron chi connectivity index (χ4n) is 3.75. The summed E-state index contributed by atoms with van der Waals surface area (Å²) in [6, 6.07) is 12.9. The lowest BCUT2D eigenvalue weighted by molar-refractivity contribution is -0.184. The van der Waals surface area contributed by atoms with Crippen molar-refractivity contribution in [1.82, 2.24) is 5.32 Å². The first-order chi connectivity index (χ1) is 13.2. The molecule has 150 valence electrons. The van der Waals surface area contributed by atoms with Crippen molar-refractivity contribution in [3.63, 3.8) is 0 Å². The van der Waals surface area contributed by atoms with E-state index in [2.05, 4.69) is 5.32 Å². The SMILES string of the molecule is Cc1ccc(-c2ccc(Cl)cc2)cc1CC(=O)N[C@H]1CCC[C@H](C(F)(F)F)C1. The highest BCUT2D eigenvalue weighted by Crippen LogP contribution is 2.37. The molecular formula is C22H23ClF3NO. The van der Waals surface area contributed by atoms with Gasteiger partial charge in [0.1, 0.15) is 0 Å². The van der Waals surface area contributed by atoms with E-state index in [1.54, 1.807) is 0 Å². The van der Waals surface area contributed by atoms with E-state index in [-0.39, 0.29) is 25.2 Å². The van der Waals surface area contributed by atoms with E-state index in [9.17, 15) is 18.0 Å². The Morgan fingerprint density at radius 3 is 2.46 bits per heavy atom. The molecule has 1 saturated carbocycles. The van der Waals surface area contributed by atoms with Crippen molar-refractivity contribution in [3.8, 4) is 11.1 Å². The van der Waals surface area contributed by atoms with Gasteiger partial charge in [-0.15, -0.1) is 0 Å². The van der Waals surface area contributed by atoms with Crippen molar-refractivity contribution < 1.29 is 18.0 Å². The monoisotopic (exact) mass is 409 g/mol. The van der Waals surface area contributed by atoms with Gasteiger partial charge in [0.2, 0.25) is 5.91 Å². The number of rotatable bonds is 4. The van der Waals surface area contributed by atoms with E-state index in [1.807, 2.05) is 49.4 Å². The average molecular weight is 410 g/mol. The first-order valence-electron chi connectivity index (χ1n) is 9.44. The summed E-state index contributed by atoms with van der Waals surface area (Å²) in [6.07, 6.45) is -2.83. The van der Waals surface area contributed by atoms with Crippen LogP contribution in [-0.2, 0) is 11.2 Å². The first-order valence-corrected chi connectivity index (χ1v) is 9.81. The molecule has 1 aliphatic carbocycles. The van der Waals surface area contributed by atoms with Gasteiger partial charge in [0, 0.05) is 11.1 Å². The van der Waals surface area contributed by atoms with Crippen LogP contribution in [-0.4, -0.2) is 18.1 Å². The Morgan fingerprint density at radius 1 is 1.11 bits per heavy atom.